The summed E-state index contributed by atoms with van der Waals surface area (Å²) in [6.45, 7) is 0. The van der Waals surface area contributed by atoms with Crippen LogP contribution in [0, 0.1) is 11.8 Å². The molecule has 0 aromatic carbocycles. The Kier molecular flexibility index (Phi) is 4.08. The molecule has 1 aliphatic carbocycles. The van der Waals surface area contributed by atoms with Gasteiger partial charge in [-0.15, -0.1) is 5.92 Å². The van der Waals surface area contributed by atoms with Crippen molar-refractivity contribution in [2.45, 2.75) is 51.0 Å². The molecule has 1 N–H and O–H groups in total. The van der Waals surface area contributed by atoms with E-state index >= 15 is 0 Å². The van der Waals surface area contributed by atoms with E-state index in [1.165, 1.54) is 25.7 Å². The molecule has 0 saturated carbocycles. The molecular weight excluding hydrogens is 136 g/mol. The predicted molar refractivity (Wildman–Crippen MR) is 46.1 cm³/mol. The van der Waals surface area contributed by atoms with Gasteiger partial charge in [-0.1, -0.05) is 25.2 Å². The average Bonchev–Trinajstić information content (AvgIpc) is 2.03. The Morgan fingerprint density at radius 1 is 1.00 bits per heavy atom. The minimum absolute atomic E-state index is 0.354. The molecule has 11 heavy (non-hydrogen) atoms. The van der Waals surface area contributed by atoms with Crippen LogP contribution >= 0.6 is 0 Å². The highest BCUT2D eigenvalue weighted by Gasteiger charge is 1.99. The maximum absolute atomic E-state index is 9.26. The lowest BCUT2D eigenvalue weighted by atomic mass is 10.1. The third kappa shape index (κ3) is 4.06. The van der Waals surface area contributed by atoms with Crippen LogP contribution < -0.4 is 0 Å². The van der Waals surface area contributed by atoms with Crippen molar-refractivity contribution in [1.82, 2.24) is 0 Å². The van der Waals surface area contributed by atoms with Gasteiger partial charge in [0.15, 0.2) is 0 Å². The number of hydrogen-bond donors (Lipinski definition) is 1. The van der Waals surface area contributed by atoms with E-state index in [0.717, 1.165) is 19.3 Å². The topological polar surface area (TPSA) is 20.2 Å². The zero-order valence-corrected chi connectivity index (χ0v) is 6.97. The first kappa shape index (κ1) is 8.62. The molecular formula is C10H16O. The van der Waals surface area contributed by atoms with Crippen molar-refractivity contribution in [3.05, 3.63) is 0 Å². The van der Waals surface area contributed by atoms with E-state index in [1.54, 1.807) is 0 Å². The lowest BCUT2D eigenvalue weighted by Gasteiger charge is -2.04. The highest BCUT2D eigenvalue weighted by molar-refractivity contribution is 5.04. The number of rotatable bonds is 0. The summed E-state index contributed by atoms with van der Waals surface area (Å²) in [4.78, 5) is 0. The molecule has 0 fully saturated rings. The largest absolute Gasteiger partial charge is 0.380 e. The van der Waals surface area contributed by atoms with Gasteiger partial charge in [0.2, 0.25) is 0 Å². The van der Waals surface area contributed by atoms with Crippen LogP contribution in [-0.2, 0) is 0 Å². The minimum Gasteiger partial charge on any atom is -0.380 e. The van der Waals surface area contributed by atoms with Crippen LogP contribution in [0.2, 0.25) is 0 Å². The molecule has 1 nitrogen and oxygen atoms in total. The molecule has 0 amide bonds. The molecule has 0 spiro atoms. The van der Waals surface area contributed by atoms with E-state index in [9.17, 15) is 5.11 Å². The lowest BCUT2D eigenvalue weighted by molar-refractivity contribution is 0.216. The van der Waals surface area contributed by atoms with E-state index in [2.05, 4.69) is 11.8 Å². The van der Waals surface area contributed by atoms with Crippen LogP contribution in [0.15, 0.2) is 0 Å². The maximum atomic E-state index is 9.26. The van der Waals surface area contributed by atoms with Crippen LogP contribution in [0.1, 0.15) is 44.9 Å². The van der Waals surface area contributed by atoms with Crippen molar-refractivity contribution < 1.29 is 5.11 Å². The maximum Gasteiger partial charge on any atom is 0.114 e. The zero-order valence-electron chi connectivity index (χ0n) is 6.97. The molecule has 0 aromatic rings. The Balaban J connectivity index is 2.31. The van der Waals surface area contributed by atoms with Crippen LogP contribution in [0.4, 0.5) is 0 Å². The van der Waals surface area contributed by atoms with Gasteiger partial charge in [-0.2, -0.15) is 0 Å². The first-order valence-electron chi connectivity index (χ1n) is 4.56. The molecule has 0 unspecified atom stereocenters. The van der Waals surface area contributed by atoms with Crippen molar-refractivity contribution in [2.24, 2.45) is 0 Å². The summed E-state index contributed by atoms with van der Waals surface area (Å²) in [7, 11) is 0. The summed E-state index contributed by atoms with van der Waals surface area (Å²) < 4.78 is 0. The monoisotopic (exact) mass is 152 g/mol. The highest BCUT2D eigenvalue weighted by atomic mass is 16.3. The molecule has 0 aromatic heterocycles. The van der Waals surface area contributed by atoms with Crippen molar-refractivity contribution in [1.29, 1.82) is 0 Å². The van der Waals surface area contributed by atoms with Gasteiger partial charge in [-0.05, 0) is 19.3 Å². The average molecular weight is 152 g/mol. The fourth-order valence-electron chi connectivity index (χ4n) is 1.34. The number of aliphatic hydroxyl groups is 1. The van der Waals surface area contributed by atoms with Crippen LogP contribution in [0.25, 0.3) is 0 Å². The van der Waals surface area contributed by atoms with Gasteiger partial charge in [0.25, 0.3) is 0 Å². The van der Waals surface area contributed by atoms with E-state index in [1.807, 2.05) is 0 Å². The van der Waals surface area contributed by atoms with E-state index in [4.69, 9.17) is 0 Å². The fourth-order valence-corrected chi connectivity index (χ4v) is 1.34. The van der Waals surface area contributed by atoms with Crippen molar-refractivity contribution in [2.75, 3.05) is 0 Å². The smallest absolute Gasteiger partial charge is 0.114 e. The molecule has 1 heteroatoms. The zero-order chi connectivity index (χ0) is 7.94. The lowest BCUT2D eigenvalue weighted by Crippen LogP contribution is -2.02. The van der Waals surface area contributed by atoms with Gasteiger partial charge in [0.05, 0.1) is 0 Å². The predicted octanol–water partition coefficient (Wildman–Crippen LogP) is 2.09. The van der Waals surface area contributed by atoms with E-state index in [0.29, 0.717) is 0 Å². The second-order valence-electron chi connectivity index (χ2n) is 3.14. The first-order chi connectivity index (χ1) is 5.39. The van der Waals surface area contributed by atoms with Gasteiger partial charge in [-0.25, -0.2) is 0 Å². The van der Waals surface area contributed by atoms with Crippen LogP contribution in [0.5, 0.6) is 0 Å². The minimum atomic E-state index is -0.354. The summed E-state index contributed by atoms with van der Waals surface area (Å²) in [6, 6.07) is 0. The second kappa shape index (κ2) is 5.21. The third-order valence-corrected chi connectivity index (χ3v) is 2.05. The van der Waals surface area contributed by atoms with Crippen molar-refractivity contribution in [3.8, 4) is 11.8 Å². The van der Waals surface area contributed by atoms with E-state index in [-0.39, 0.29) is 6.10 Å². The van der Waals surface area contributed by atoms with Crippen LogP contribution in [0.3, 0.4) is 0 Å². The Morgan fingerprint density at radius 3 is 2.64 bits per heavy atom. The van der Waals surface area contributed by atoms with Crippen molar-refractivity contribution >= 4 is 0 Å². The molecule has 1 atom stereocenters. The molecule has 0 heterocycles. The van der Waals surface area contributed by atoms with Gasteiger partial charge in [0, 0.05) is 6.42 Å². The Labute approximate surface area is 68.8 Å². The third-order valence-electron chi connectivity index (χ3n) is 2.05. The quantitative estimate of drug-likeness (QED) is 0.527. The van der Waals surface area contributed by atoms with Gasteiger partial charge in [-0.3, -0.25) is 0 Å². The second-order valence-corrected chi connectivity index (χ2v) is 3.14. The van der Waals surface area contributed by atoms with Crippen LogP contribution in [-0.4, -0.2) is 11.2 Å². The SMILES string of the molecule is O[C@H]1C#CCCCCCCC1. The standard InChI is InChI=1S/C10H16O/c11-10-8-6-4-2-1-3-5-7-9-10/h10-11H,1-6,8H2/t10-/m1/s1. The Morgan fingerprint density at radius 2 is 1.73 bits per heavy atom. The van der Waals surface area contributed by atoms with Crippen molar-refractivity contribution in [3.63, 3.8) is 0 Å². The summed E-state index contributed by atoms with van der Waals surface area (Å²) in [6.07, 6.45) is 7.71. The summed E-state index contributed by atoms with van der Waals surface area (Å²) in [5.41, 5.74) is 0. The molecule has 0 aliphatic heterocycles. The van der Waals surface area contributed by atoms with Gasteiger partial charge >= 0.3 is 0 Å². The molecule has 62 valence electrons. The fraction of sp³-hybridized carbons (Fsp3) is 0.800. The van der Waals surface area contributed by atoms with Gasteiger partial charge in [0.1, 0.15) is 6.10 Å². The Hall–Kier alpha value is -0.480. The molecule has 1 aliphatic rings. The number of aliphatic hydroxyl groups excluding tert-OH is 1. The van der Waals surface area contributed by atoms with E-state index < -0.39 is 0 Å². The Bertz CT molecular complexity index is 152. The first-order valence-corrected chi connectivity index (χ1v) is 4.56. The molecule has 0 saturated heterocycles. The highest BCUT2D eigenvalue weighted by Crippen LogP contribution is 2.09. The normalized spacial score (nSPS) is 26.8. The van der Waals surface area contributed by atoms with Gasteiger partial charge < -0.3 is 5.11 Å². The molecule has 1 rings (SSSR count). The summed E-state index contributed by atoms with van der Waals surface area (Å²) in [5, 5.41) is 9.26. The summed E-state index contributed by atoms with van der Waals surface area (Å²) in [5.74, 6) is 5.86. The molecule has 0 bridgehead atoms. The number of hydrogen-bond acceptors (Lipinski definition) is 1. The molecule has 0 radical (unpaired) electrons. The summed E-state index contributed by atoms with van der Waals surface area (Å²) >= 11 is 0.